The van der Waals surface area contributed by atoms with E-state index in [0.29, 0.717) is 12.1 Å². The van der Waals surface area contributed by atoms with Crippen molar-refractivity contribution >= 4 is 0 Å². The third kappa shape index (κ3) is 2.70. The Hall–Kier alpha value is -1.76. The van der Waals surface area contributed by atoms with Gasteiger partial charge in [0.25, 0.3) is 0 Å². The lowest BCUT2D eigenvalue weighted by atomic mass is 10.2. The second-order valence-electron chi connectivity index (χ2n) is 6.11. The summed E-state index contributed by atoms with van der Waals surface area (Å²) in [5.74, 6) is 1.09. The molecule has 0 saturated heterocycles. The van der Waals surface area contributed by atoms with E-state index in [4.69, 9.17) is 0 Å². The quantitative estimate of drug-likeness (QED) is 0.891. The van der Waals surface area contributed by atoms with Crippen LogP contribution in [0.15, 0.2) is 12.5 Å². The molecule has 112 valence electrons. The van der Waals surface area contributed by atoms with Crippen LogP contribution in [0.4, 0.5) is 0 Å². The predicted molar refractivity (Wildman–Crippen MR) is 76.5 cm³/mol. The Kier molecular flexibility index (Phi) is 3.42. The van der Waals surface area contributed by atoms with E-state index in [1.54, 1.807) is 6.33 Å². The van der Waals surface area contributed by atoms with Crippen LogP contribution in [0.3, 0.4) is 0 Å². The molecule has 0 spiro atoms. The van der Waals surface area contributed by atoms with Gasteiger partial charge in [0.2, 0.25) is 0 Å². The fourth-order valence-corrected chi connectivity index (χ4v) is 3.45. The molecule has 1 aliphatic carbocycles. The first kappa shape index (κ1) is 12.9. The normalized spacial score (nSPS) is 22.0. The first-order valence-electron chi connectivity index (χ1n) is 7.89. The Morgan fingerprint density at radius 2 is 2.14 bits per heavy atom. The van der Waals surface area contributed by atoms with E-state index in [2.05, 4.69) is 31.9 Å². The van der Waals surface area contributed by atoms with Gasteiger partial charge in [-0.15, -0.1) is 5.10 Å². The lowest BCUT2D eigenvalue weighted by Gasteiger charge is -2.10. The van der Waals surface area contributed by atoms with Crippen LogP contribution in [-0.4, -0.2) is 35.8 Å². The maximum absolute atomic E-state index is 4.30. The van der Waals surface area contributed by atoms with Crippen molar-refractivity contribution in [1.29, 1.82) is 0 Å². The van der Waals surface area contributed by atoms with Gasteiger partial charge >= 0.3 is 0 Å². The van der Waals surface area contributed by atoms with Gasteiger partial charge in [0.05, 0.1) is 18.3 Å². The molecule has 4 rings (SSSR count). The molecule has 2 aromatic rings. The molecule has 1 atom stereocenters. The number of nitrogens with zero attached hydrogens (tertiary/aromatic N) is 6. The van der Waals surface area contributed by atoms with E-state index in [0.717, 1.165) is 37.4 Å². The van der Waals surface area contributed by atoms with E-state index in [-0.39, 0.29) is 0 Å². The molecule has 7 heteroatoms. The van der Waals surface area contributed by atoms with Crippen LogP contribution in [0.25, 0.3) is 0 Å². The molecule has 1 saturated carbocycles. The van der Waals surface area contributed by atoms with Crippen molar-refractivity contribution < 1.29 is 0 Å². The van der Waals surface area contributed by atoms with Gasteiger partial charge in [0, 0.05) is 25.2 Å². The zero-order chi connectivity index (χ0) is 14.1. The first-order valence-corrected chi connectivity index (χ1v) is 7.89. The molecule has 0 radical (unpaired) electrons. The Bertz CT molecular complexity index is 596. The third-order valence-corrected chi connectivity index (χ3v) is 4.61. The molecular formula is C14H21N7. The SMILES string of the molecule is c1nc2n(n1)C(Cn1cc(CNC3CCCC3)nn1)CC2. The Balaban J connectivity index is 1.34. The monoisotopic (exact) mass is 287 g/mol. The number of fused-ring (bicyclic) bond motifs is 1. The second-order valence-corrected chi connectivity index (χ2v) is 6.11. The fraction of sp³-hybridized carbons (Fsp3) is 0.714. The lowest BCUT2D eigenvalue weighted by Crippen LogP contribution is -2.25. The van der Waals surface area contributed by atoms with Crippen molar-refractivity contribution in [1.82, 2.24) is 35.1 Å². The topological polar surface area (TPSA) is 73.5 Å². The number of aryl methyl sites for hydroxylation is 1. The summed E-state index contributed by atoms with van der Waals surface area (Å²) in [7, 11) is 0. The van der Waals surface area contributed by atoms with Crippen LogP contribution in [0, 0.1) is 0 Å². The smallest absolute Gasteiger partial charge is 0.138 e. The van der Waals surface area contributed by atoms with Crippen LogP contribution >= 0.6 is 0 Å². The van der Waals surface area contributed by atoms with Gasteiger partial charge in [-0.25, -0.2) is 9.67 Å². The van der Waals surface area contributed by atoms with Crippen molar-refractivity contribution in [2.24, 2.45) is 0 Å². The van der Waals surface area contributed by atoms with Crippen molar-refractivity contribution in [2.75, 3.05) is 0 Å². The predicted octanol–water partition coefficient (Wildman–Crippen LogP) is 1.09. The van der Waals surface area contributed by atoms with Crippen molar-refractivity contribution in [3.05, 3.63) is 24.0 Å². The van der Waals surface area contributed by atoms with Crippen LogP contribution in [0.1, 0.15) is 49.7 Å². The standard InChI is InChI=1S/C14H21N7/c1-2-4-11(3-1)15-7-12-8-20(19-18-12)9-13-5-6-14-16-10-17-21(13)14/h8,10-11,13,15H,1-7,9H2. The van der Waals surface area contributed by atoms with Crippen LogP contribution in [0.5, 0.6) is 0 Å². The molecule has 7 nitrogen and oxygen atoms in total. The maximum Gasteiger partial charge on any atom is 0.138 e. The molecule has 1 aliphatic heterocycles. The van der Waals surface area contributed by atoms with E-state index in [9.17, 15) is 0 Å². The molecule has 1 fully saturated rings. The van der Waals surface area contributed by atoms with Gasteiger partial charge in [0.1, 0.15) is 12.2 Å². The minimum atomic E-state index is 0.361. The van der Waals surface area contributed by atoms with E-state index in [1.807, 2.05) is 9.36 Å². The molecule has 0 aromatic carbocycles. The van der Waals surface area contributed by atoms with Crippen molar-refractivity contribution in [3.8, 4) is 0 Å². The highest BCUT2D eigenvalue weighted by atomic mass is 15.4. The summed E-state index contributed by atoms with van der Waals surface area (Å²) < 4.78 is 3.96. The highest BCUT2D eigenvalue weighted by molar-refractivity contribution is 4.97. The summed E-state index contributed by atoms with van der Waals surface area (Å²) in [6, 6.07) is 1.03. The molecule has 2 aromatic heterocycles. The van der Waals surface area contributed by atoms with Crippen LogP contribution < -0.4 is 5.32 Å². The van der Waals surface area contributed by atoms with Crippen LogP contribution in [-0.2, 0) is 19.5 Å². The molecule has 21 heavy (non-hydrogen) atoms. The van der Waals surface area contributed by atoms with Gasteiger partial charge in [-0.3, -0.25) is 4.68 Å². The minimum absolute atomic E-state index is 0.361. The van der Waals surface area contributed by atoms with Gasteiger partial charge < -0.3 is 5.32 Å². The number of rotatable bonds is 5. The highest BCUT2D eigenvalue weighted by Gasteiger charge is 2.24. The molecule has 2 aliphatic rings. The first-order chi connectivity index (χ1) is 10.4. The Labute approximate surface area is 123 Å². The van der Waals surface area contributed by atoms with E-state index in [1.165, 1.54) is 25.7 Å². The van der Waals surface area contributed by atoms with Gasteiger partial charge in [-0.05, 0) is 19.3 Å². The average Bonchev–Trinajstić information content (AvgIpc) is 3.24. The summed E-state index contributed by atoms with van der Waals surface area (Å²) in [4.78, 5) is 4.26. The van der Waals surface area contributed by atoms with Crippen molar-refractivity contribution in [2.45, 2.75) is 63.7 Å². The summed E-state index contributed by atoms with van der Waals surface area (Å²) in [5, 5.41) is 16.4. The Morgan fingerprint density at radius 1 is 1.24 bits per heavy atom. The molecule has 0 amide bonds. The number of aromatic nitrogens is 6. The summed E-state index contributed by atoms with van der Waals surface area (Å²) >= 11 is 0. The van der Waals surface area contributed by atoms with Gasteiger partial charge in [-0.1, -0.05) is 18.1 Å². The molecule has 0 bridgehead atoms. The summed E-state index contributed by atoms with van der Waals surface area (Å²) in [6.07, 6.45) is 11.1. The van der Waals surface area contributed by atoms with Crippen LogP contribution in [0.2, 0.25) is 0 Å². The second kappa shape index (κ2) is 5.55. The molecule has 1 N–H and O–H groups in total. The van der Waals surface area contributed by atoms with E-state index >= 15 is 0 Å². The molecule has 3 heterocycles. The number of hydrogen-bond donors (Lipinski definition) is 1. The largest absolute Gasteiger partial charge is 0.308 e. The van der Waals surface area contributed by atoms with E-state index < -0.39 is 0 Å². The van der Waals surface area contributed by atoms with Gasteiger partial charge in [-0.2, -0.15) is 5.10 Å². The lowest BCUT2D eigenvalue weighted by molar-refractivity contribution is 0.389. The summed E-state index contributed by atoms with van der Waals surface area (Å²) in [5.41, 5.74) is 1.03. The zero-order valence-corrected chi connectivity index (χ0v) is 12.1. The fourth-order valence-electron chi connectivity index (χ4n) is 3.45. The van der Waals surface area contributed by atoms with Gasteiger partial charge in [0.15, 0.2) is 0 Å². The molecular weight excluding hydrogens is 266 g/mol. The maximum atomic E-state index is 4.30. The third-order valence-electron chi connectivity index (χ3n) is 4.61. The summed E-state index contributed by atoms with van der Waals surface area (Å²) in [6.45, 7) is 1.65. The highest BCUT2D eigenvalue weighted by Crippen LogP contribution is 2.24. The number of nitrogens with one attached hydrogen (secondary N) is 1. The Morgan fingerprint density at radius 3 is 3.05 bits per heavy atom. The molecule has 1 unspecified atom stereocenters. The van der Waals surface area contributed by atoms with Crippen molar-refractivity contribution in [3.63, 3.8) is 0 Å². The number of hydrogen-bond acceptors (Lipinski definition) is 5. The zero-order valence-electron chi connectivity index (χ0n) is 12.1. The minimum Gasteiger partial charge on any atom is -0.308 e. The average molecular weight is 287 g/mol.